The van der Waals surface area contributed by atoms with Gasteiger partial charge in [0.1, 0.15) is 5.54 Å². The highest BCUT2D eigenvalue weighted by molar-refractivity contribution is 5.84. The first kappa shape index (κ1) is 12.4. The molecular weight excluding hydrogens is 230 g/mol. The molecule has 3 unspecified atom stereocenters. The molecule has 3 N–H and O–H groups in total. The molecule has 0 spiro atoms. The maximum absolute atomic E-state index is 11.7. The minimum atomic E-state index is -0.599. The molecule has 3 fully saturated rings. The van der Waals surface area contributed by atoms with Gasteiger partial charge in [0.2, 0.25) is 5.91 Å². The van der Waals surface area contributed by atoms with Crippen molar-refractivity contribution < 1.29 is 9.53 Å². The number of fused-ring (bicyclic) bond motifs is 2. The lowest BCUT2D eigenvalue weighted by atomic mass is 10.00. The Balaban J connectivity index is 1.63. The second kappa shape index (κ2) is 4.47. The van der Waals surface area contributed by atoms with Crippen molar-refractivity contribution in [3.8, 4) is 0 Å². The number of nitrogens with two attached hydrogens (primary N) is 1. The number of hydrogen-bond donors (Lipinski definition) is 2. The summed E-state index contributed by atoms with van der Waals surface area (Å²) in [6.45, 7) is 4.51. The molecule has 1 aliphatic carbocycles. The van der Waals surface area contributed by atoms with Crippen LogP contribution in [0.3, 0.4) is 0 Å². The van der Waals surface area contributed by atoms with E-state index >= 15 is 0 Å². The third-order valence-corrected chi connectivity index (χ3v) is 4.30. The van der Waals surface area contributed by atoms with Gasteiger partial charge in [-0.3, -0.25) is 15.0 Å². The third kappa shape index (κ3) is 2.53. The second-order valence-corrected chi connectivity index (χ2v) is 6.27. The van der Waals surface area contributed by atoms with E-state index < -0.39 is 5.54 Å². The number of likely N-dealkylation sites (tertiary alicyclic amines) is 1. The molecule has 102 valence electrons. The number of nitrogens with zero attached hydrogens (tertiary/aromatic N) is 1. The lowest BCUT2D eigenvalue weighted by Gasteiger charge is -2.38. The molecule has 2 bridgehead atoms. The highest BCUT2D eigenvalue weighted by Crippen LogP contribution is 2.28. The molecule has 0 aromatic carbocycles. The number of carbonyl (C=O) groups is 1. The van der Waals surface area contributed by atoms with Crippen LogP contribution >= 0.6 is 0 Å². The molecule has 5 heteroatoms. The Hall–Kier alpha value is -0.650. The molecule has 0 radical (unpaired) electrons. The summed E-state index contributed by atoms with van der Waals surface area (Å²) in [7, 11) is 0. The maximum atomic E-state index is 11.7. The van der Waals surface area contributed by atoms with Crippen LogP contribution in [0.5, 0.6) is 0 Å². The summed E-state index contributed by atoms with van der Waals surface area (Å²) < 4.78 is 5.82. The van der Waals surface area contributed by atoms with Crippen LogP contribution in [0.15, 0.2) is 0 Å². The van der Waals surface area contributed by atoms with Crippen molar-refractivity contribution in [3.05, 3.63) is 0 Å². The van der Waals surface area contributed by atoms with Crippen molar-refractivity contribution in [1.29, 1.82) is 0 Å². The van der Waals surface area contributed by atoms with E-state index in [1.165, 1.54) is 0 Å². The maximum Gasteiger partial charge on any atom is 0.238 e. The van der Waals surface area contributed by atoms with E-state index in [1.54, 1.807) is 0 Å². The lowest BCUT2D eigenvalue weighted by molar-refractivity contribution is -0.126. The van der Waals surface area contributed by atoms with E-state index in [4.69, 9.17) is 10.5 Å². The van der Waals surface area contributed by atoms with Gasteiger partial charge >= 0.3 is 0 Å². The van der Waals surface area contributed by atoms with Crippen LogP contribution in [0.4, 0.5) is 0 Å². The minimum Gasteiger partial charge on any atom is -0.372 e. The van der Waals surface area contributed by atoms with Crippen LogP contribution in [0.25, 0.3) is 0 Å². The van der Waals surface area contributed by atoms with Crippen LogP contribution in [-0.4, -0.2) is 54.2 Å². The number of carbonyl (C=O) groups excluding carboxylic acids is 1. The first-order valence-electron chi connectivity index (χ1n) is 7.00. The van der Waals surface area contributed by atoms with Crippen LogP contribution < -0.4 is 11.1 Å². The normalized spacial score (nSPS) is 35.4. The highest BCUT2D eigenvalue weighted by atomic mass is 16.5. The molecule has 3 atom stereocenters. The summed E-state index contributed by atoms with van der Waals surface area (Å²) in [4.78, 5) is 14.1. The molecule has 1 amide bonds. The Morgan fingerprint density at radius 2 is 1.94 bits per heavy atom. The van der Waals surface area contributed by atoms with Gasteiger partial charge in [-0.2, -0.15) is 0 Å². The fourth-order valence-electron chi connectivity index (χ4n) is 3.15. The van der Waals surface area contributed by atoms with Gasteiger partial charge in [-0.05, 0) is 32.6 Å². The molecule has 2 heterocycles. The first-order valence-corrected chi connectivity index (χ1v) is 7.00. The SMILES string of the molecule is CC(CN1CC2CCC(C1)O2)(NC1CC1)C(N)=O. The van der Waals surface area contributed by atoms with Gasteiger partial charge in [0, 0.05) is 25.7 Å². The zero-order chi connectivity index (χ0) is 12.8. The van der Waals surface area contributed by atoms with Crippen LogP contribution in [0.1, 0.15) is 32.6 Å². The smallest absolute Gasteiger partial charge is 0.238 e. The van der Waals surface area contributed by atoms with Gasteiger partial charge in [0.05, 0.1) is 12.2 Å². The summed E-state index contributed by atoms with van der Waals surface area (Å²) in [5.74, 6) is -0.242. The molecule has 5 nitrogen and oxygen atoms in total. The van der Waals surface area contributed by atoms with Crippen molar-refractivity contribution >= 4 is 5.91 Å². The summed E-state index contributed by atoms with van der Waals surface area (Å²) in [6.07, 6.45) is 5.37. The Kier molecular flexibility index (Phi) is 3.08. The fourth-order valence-corrected chi connectivity index (χ4v) is 3.15. The van der Waals surface area contributed by atoms with Gasteiger partial charge in [-0.15, -0.1) is 0 Å². The summed E-state index contributed by atoms with van der Waals surface area (Å²) in [5, 5.41) is 3.41. The van der Waals surface area contributed by atoms with Gasteiger partial charge < -0.3 is 10.5 Å². The van der Waals surface area contributed by atoms with Crippen LogP contribution in [0, 0.1) is 0 Å². The monoisotopic (exact) mass is 253 g/mol. The molecule has 2 aliphatic heterocycles. The van der Waals surface area contributed by atoms with E-state index in [0.29, 0.717) is 24.8 Å². The third-order valence-electron chi connectivity index (χ3n) is 4.30. The molecule has 3 rings (SSSR count). The molecule has 0 aromatic rings. The van der Waals surface area contributed by atoms with E-state index in [-0.39, 0.29) is 5.91 Å². The van der Waals surface area contributed by atoms with Crippen LogP contribution in [0.2, 0.25) is 0 Å². The second-order valence-electron chi connectivity index (χ2n) is 6.27. The standard InChI is InChI=1S/C13H23N3O2/c1-13(12(14)17,15-9-2-3-9)8-16-6-10-4-5-11(7-16)18-10/h9-11,15H,2-8H2,1H3,(H2,14,17). The summed E-state index contributed by atoms with van der Waals surface area (Å²) in [6, 6.07) is 0.486. The minimum absolute atomic E-state index is 0.242. The molecule has 18 heavy (non-hydrogen) atoms. The average molecular weight is 253 g/mol. The van der Waals surface area contributed by atoms with E-state index in [9.17, 15) is 4.79 Å². The number of nitrogens with one attached hydrogen (secondary N) is 1. The van der Waals surface area contributed by atoms with E-state index in [2.05, 4.69) is 10.2 Å². The number of hydrogen-bond acceptors (Lipinski definition) is 4. The van der Waals surface area contributed by atoms with Crippen molar-refractivity contribution in [3.63, 3.8) is 0 Å². The topological polar surface area (TPSA) is 67.6 Å². The molecule has 3 aliphatic rings. The molecule has 0 aromatic heterocycles. The predicted octanol–water partition coefficient (Wildman–Crippen LogP) is -0.154. The first-order chi connectivity index (χ1) is 8.55. The van der Waals surface area contributed by atoms with Crippen molar-refractivity contribution in [1.82, 2.24) is 10.2 Å². The van der Waals surface area contributed by atoms with Gasteiger partial charge in [-0.25, -0.2) is 0 Å². The van der Waals surface area contributed by atoms with Crippen LogP contribution in [-0.2, 0) is 9.53 Å². The largest absolute Gasteiger partial charge is 0.372 e. The van der Waals surface area contributed by atoms with Gasteiger partial charge in [0.15, 0.2) is 0 Å². The Bertz CT molecular complexity index is 333. The zero-order valence-corrected chi connectivity index (χ0v) is 11.0. The van der Waals surface area contributed by atoms with Crippen molar-refractivity contribution in [2.24, 2.45) is 5.73 Å². The van der Waals surface area contributed by atoms with E-state index in [1.807, 2.05) is 6.92 Å². The number of primary amides is 1. The molecule has 1 saturated carbocycles. The van der Waals surface area contributed by atoms with Gasteiger partial charge in [0.25, 0.3) is 0 Å². The Morgan fingerprint density at radius 1 is 1.33 bits per heavy atom. The zero-order valence-electron chi connectivity index (χ0n) is 11.0. The average Bonchev–Trinajstić information content (AvgIpc) is 3.03. The van der Waals surface area contributed by atoms with Gasteiger partial charge in [-0.1, -0.05) is 0 Å². The number of rotatable bonds is 5. The number of ether oxygens (including phenoxy) is 1. The van der Waals surface area contributed by atoms with Crippen molar-refractivity contribution in [2.75, 3.05) is 19.6 Å². The van der Waals surface area contributed by atoms with E-state index in [0.717, 1.165) is 38.8 Å². The Morgan fingerprint density at radius 3 is 2.44 bits per heavy atom. The lowest BCUT2D eigenvalue weighted by Crippen LogP contribution is -2.62. The highest BCUT2D eigenvalue weighted by Gasteiger charge is 2.41. The van der Waals surface area contributed by atoms with Crippen molar-refractivity contribution in [2.45, 2.75) is 56.4 Å². The summed E-state index contributed by atoms with van der Waals surface area (Å²) in [5.41, 5.74) is 4.99. The Labute approximate surface area is 108 Å². The molecular formula is C13H23N3O2. The number of morpholine rings is 1. The predicted molar refractivity (Wildman–Crippen MR) is 68.1 cm³/mol. The fraction of sp³-hybridized carbons (Fsp3) is 0.923. The molecule has 2 saturated heterocycles. The summed E-state index contributed by atoms with van der Waals surface area (Å²) >= 11 is 0. The quantitative estimate of drug-likeness (QED) is 0.715. The number of amides is 1.